The van der Waals surface area contributed by atoms with E-state index in [0.717, 1.165) is 23.4 Å². The predicted octanol–water partition coefficient (Wildman–Crippen LogP) is 2.86. The van der Waals surface area contributed by atoms with Crippen LogP contribution in [0.3, 0.4) is 0 Å². The van der Waals surface area contributed by atoms with Crippen molar-refractivity contribution >= 4 is 27.1 Å². The molecule has 0 aliphatic heterocycles. The van der Waals surface area contributed by atoms with Crippen LogP contribution in [0.4, 0.5) is 0 Å². The van der Waals surface area contributed by atoms with Gasteiger partial charge in [-0.05, 0) is 43.9 Å². The Morgan fingerprint density at radius 1 is 1.47 bits per heavy atom. The summed E-state index contributed by atoms with van der Waals surface area (Å²) in [6, 6.07) is 4.34. The van der Waals surface area contributed by atoms with E-state index in [1.807, 2.05) is 0 Å². The van der Waals surface area contributed by atoms with E-state index in [1.165, 1.54) is 21.4 Å². The molecule has 1 aliphatic rings. The topological polar surface area (TPSA) is 45.2 Å². The number of benzene rings is 1. The Morgan fingerprint density at radius 3 is 3.11 bits per heavy atom. The lowest BCUT2D eigenvalue weighted by Crippen LogP contribution is -2.25. The highest BCUT2D eigenvalue weighted by Crippen LogP contribution is 2.39. The van der Waals surface area contributed by atoms with E-state index in [4.69, 9.17) is 0 Å². The fraction of sp³-hybridized carbons (Fsp3) is 0.400. The number of fused-ring (bicyclic) bond motifs is 3. The number of aryl methyl sites for hydroxylation is 2. The molecule has 1 aromatic heterocycles. The standard InChI is InChI=1S/C15H18N2OS/c1-9(18)16-8-7-12-4-3-11-5-6-13-15(14(11)12)19-10(2)17-13/h5-7,9,16,18H,3-4,8H2,1-2H3/b12-7+. The van der Waals surface area contributed by atoms with E-state index in [1.54, 1.807) is 18.3 Å². The van der Waals surface area contributed by atoms with Crippen LogP contribution in [0.2, 0.25) is 0 Å². The fourth-order valence-corrected chi connectivity index (χ4v) is 3.68. The zero-order valence-corrected chi connectivity index (χ0v) is 12.0. The average Bonchev–Trinajstić information content (AvgIpc) is 2.90. The quantitative estimate of drug-likeness (QED) is 0.846. The minimum absolute atomic E-state index is 0.459. The van der Waals surface area contributed by atoms with Gasteiger partial charge in [0, 0.05) is 12.1 Å². The van der Waals surface area contributed by atoms with Gasteiger partial charge in [0.15, 0.2) is 0 Å². The highest BCUT2D eigenvalue weighted by molar-refractivity contribution is 7.18. The molecule has 1 aromatic carbocycles. The largest absolute Gasteiger partial charge is 0.379 e. The number of hydrogen-bond acceptors (Lipinski definition) is 4. The fourth-order valence-electron chi connectivity index (χ4n) is 2.66. The highest BCUT2D eigenvalue weighted by Gasteiger charge is 2.20. The number of aromatic nitrogens is 1. The van der Waals surface area contributed by atoms with Crippen molar-refractivity contribution in [3.8, 4) is 0 Å². The van der Waals surface area contributed by atoms with E-state index in [0.29, 0.717) is 6.54 Å². The van der Waals surface area contributed by atoms with Crippen molar-refractivity contribution in [2.24, 2.45) is 0 Å². The third-order valence-corrected chi connectivity index (χ3v) is 4.50. The number of nitrogens with zero attached hydrogens (tertiary/aromatic N) is 1. The Kier molecular flexibility index (Phi) is 3.39. The van der Waals surface area contributed by atoms with E-state index < -0.39 is 6.23 Å². The summed E-state index contributed by atoms with van der Waals surface area (Å²) in [4.78, 5) is 4.57. The Morgan fingerprint density at radius 2 is 2.32 bits per heavy atom. The van der Waals surface area contributed by atoms with Gasteiger partial charge in [0.1, 0.15) is 6.23 Å². The monoisotopic (exact) mass is 274 g/mol. The lowest BCUT2D eigenvalue weighted by Gasteiger charge is -2.06. The summed E-state index contributed by atoms with van der Waals surface area (Å²) in [5.41, 5.74) is 5.31. The molecule has 3 nitrogen and oxygen atoms in total. The molecule has 1 atom stereocenters. The highest BCUT2D eigenvalue weighted by atomic mass is 32.1. The first kappa shape index (κ1) is 12.8. The number of allylic oxidation sites excluding steroid dienone is 1. The van der Waals surface area contributed by atoms with Gasteiger partial charge < -0.3 is 5.11 Å². The number of rotatable bonds is 3. The molecule has 0 amide bonds. The Bertz CT molecular complexity index is 643. The summed E-state index contributed by atoms with van der Waals surface area (Å²) >= 11 is 1.78. The molecule has 4 heteroatoms. The third kappa shape index (κ3) is 2.43. The number of aliphatic hydroxyl groups is 1. The third-order valence-electron chi connectivity index (χ3n) is 3.50. The molecule has 0 bridgehead atoms. The molecule has 3 rings (SSSR count). The van der Waals surface area contributed by atoms with Crippen LogP contribution in [-0.2, 0) is 6.42 Å². The molecule has 0 saturated heterocycles. The summed E-state index contributed by atoms with van der Waals surface area (Å²) in [5.74, 6) is 0. The maximum atomic E-state index is 9.25. The molecule has 0 spiro atoms. The Balaban J connectivity index is 2.00. The van der Waals surface area contributed by atoms with Crippen molar-refractivity contribution in [1.82, 2.24) is 10.3 Å². The van der Waals surface area contributed by atoms with Crippen LogP contribution in [0.25, 0.3) is 15.8 Å². The number of nitrogens with one attached hydrogen (secondary N) is 1. The molecular weight excluding hydrogens is 256 g/mol. The normalized spacial score (nSPS) is 18.2. The van der Waals surface area contributed by atoms with Gasteiger partial charge in [0.25, 0.3) is 0 Å². The van der Waals surface area contributed by atoms with Gasteiger partial charge in [-0.25, -0.2) is 4.98 Å². The molecule has 1 heterocycles. The smallest absolute Gasteiger partial charge is 0.102 e. The van der Waals surface area contributed by atoms with Gasteiger partial charge in [-0.1, -0.05) is 12.1 Å². The second kappa shape index (κ2) is 5.04. The zero-order valence-electron chi connectivity index (χ0n) is 11.2. The summed E-state index contributed by atoms with van der Waals surface area (Å²) < 4.78 is 1.32. The summed E-state index contributed by atoms with van der Waals surface area (Å²) in [7, 11) is 0. The first-order chi connectivity index (χ1) is 9.15. The first-order valence-corrected chi connectivity index (χ1v) is 7.46. The van der Waals surface area contributed by atoms with E-state index in [-0.39, 0.29) is 0 Å². The molecule has 19 heavy (non-hydrogen) atoms. The van der Waals surface area contributed by atoms with Crippen LogP contribution in [0, 0.1) is 6.92 Å². The van der Waals surface area contributed by atoms with Crippen molar-refractivity contribution in [3.63, 3.8) is 0 Å². The minimum Gasteiger partial charge on any atom is -0.379 e. The Hall–Kier alpha value is -1.23. The molecular formula is C15H18N2OS. The van der Waals surface area contributed by atoms with Crippen molar-refractivity contribution in [2.75, 3.05) is 6.54 Å². The molecule has 100 valence electrons. The predicted molar refractivity (Wildman–Crippen MR) is 80.3 cm³/mol. The van der Waals surface area contributed by atoms with Crippen molar-refractivity contribution in [1.29, 1.82) is 0 Å². The summed E-state index contributed by atoms with van der Waals surface area (Å²) in [6.45, 7) is 4.51. The van der Waals surface area contributed by atoms with E-state index in [2.05, 4.69) is 35.4 Å². The summed E-state index contributed by atoms with van der Waals surface area (Å²) in [5, 5.41) is 13.4. The van der Waals surface area contributed by atoms with Crippen LogP contribution in [-0.4, -0.2) is 22.9 Å². The second-order valence-corrected chi connectivity index (χ2v) is 6.20. The van der Waals surface area contributed by atoms with Gasteiger partial charge in [0.2, 0.25) is 0 Å². The molecule has 2 N–H and O–H groups in total. The lowest BCUT2D eigenvalue weighted by molar-refractivity contribution is 0.162. The second-order valence-electron chi connectivity index (χ2n) is 4.99. The molecule has 1 aliphatic carbocycles. The van der Waals surface area contributed by atoms with Crippen LogP contribution >= 0.6 is 11.3 Å². The minimum atomic E-state index is -0.459. The average molecular weight is 274 g/mol. The van der Waals surface area contributed by atoms with Crippen molar-refractivity contribution < 1.29 is 5.11 Å². The zero-order chi connectivity index (χ0) is 13.4. The number of thiazole rings is 1. The maximum absolute atomic E-state index is 9.25. The summed E-state index contributed by atoms with van der Waals surface area (Å²) in [6.07, 6.45) is 3.95. The first-order valence-electron chi connectivity index (χ1n) is 6.65. The van der Waals surface area contributed by atoms with Gasteiger partial charge in [-0.3, -0.25) is 5.32 Å². The molecule has 2 aromatic rings. The van der Waals surface area contributed by atoms with E-state index >= 15 is 0 Å². The van der Waals surface area contributed by atoms with Crippen LogP contribution in [0.15, 0.2) is 18.2 Å². The van der Waals surface area contributed by atoms with E-state index in [9.17, 15) is 5.11 Å². The van der Waals surface area contributed by atoms with Gasteiger partial charge in [-0.2, -0.15) is 0 Å². The molecule has 1 unspecified atom stereocenters. The molecule has 0 radical (unpaired) electrons. The van der Waals surface area contributed by atoms with Crippen LogP contribution in [0.5, 0.6) is 0 Å². The lowest BCUT2D eigenvalue weighted by atomic mass is 10.1. The SMILES string of the molecule is Cc1nc2ccc3c(c2s1)/C(=C/CNC(C)O)CC3. The number of hydrogen-bond donors (Lipinski definition) is 2. The molecule has 0 fully saturated rings. The number of aliphatic hydroxyl groups excluding tert-OH is 1. The maximum Gasteiger partial charge on any atom is 0.102 e. The van der Waals surface area contributed by atoms with Gasteiger partial charge >= 0.3 is 0 Å². The van der Waals surface area contributed by atoms with Gasteiger partial charge in [0.05, 0.1) is 15.2 Å². The van der Waals surface area contributed by atoms with Crippen molar-refractivity contribution in [2.45, 2.75) is 32.9 Å². The van der Waals surface area contributed by atoms with Gasteiger partial charge in [-0.15, -0.1) is 11.3 Å². The van der Waals surface area contributed by atoms with Crippen LogP contribution < -0.4 is 5.32 Å². The van der Waals surface area contributed by atoms with Crippen molar-refractivity contribution in [3.05, 3.63) is 34.3 Å². The Labute approximate surface area is 117 Å². The molecule has 0 saturated carbocycles. The van der Waals surface area contributed by atoms with Crippen LogP contribution in [0.1, 0.15) is 29.5 Å².